The molecule has 3 rings (SSSR count). The molecule has 7 heteroatoms. The second-order valence-electron chi connectivity index (χ2n) is 6.04. The van der Waals surface area contributed by atoms with Gasteiger partial charge in [-0.15, -0.1) is 0 Å². The lowest BCUT2D eigenvalue weighted by Crippen LogP contribution is -2.24. The van der Waals surface area contributed by atoms with E-state index in [0.717, 1.165) is 0 Å². The van der Waals surface area contributed by atoms with E-state index in [2.05, 4.69) is 5.32 Å². The van der Waals surface area contributed by atoms with Gasteiger partial charge in [-0.2, -0.15) is 0 Å². The summed E-state index contributed by atoms with van der Waals surface area (Å²) in [7, 11) is 0. The Morgan fingerprint density at radius 2 is 1.67 bits per heavy atom. The number of hydrogen-bond acceptors (Lipinski definition) is 6. The molecule has 7 nitrogen and oxygen atoms in total. The van der Waals surface area contributed by atoms with Crippen molar-refractivity contribution in [2.45, 2.75) is 13.3 Å². The Hall–Kier alpha value is -3.48. The summed E-state index contributed by atoms with van der Waals surface area (Å²) in [5.41, 5.74) is 0.800. The number of esters is 1. The molecule has 0 spiro atoms. The van der Waals surface area contributed by atoms with Crippen molar-refractivity contribution in [1.29, 1.82) is 0 Å². The summed E-state index contributed by atoms with van der Waals surface area (Å²) in [4.78, 5) is 48.1. The maximum Gasteiger partial charge on any atom is 0.337 e. The number of carbonyl (C=O) groups is 4. The molecule has 0 heterocycles. The highest BCUT2D eigenvalue weighted by molar-refractivity contribution is 6.31. The largest absolute Gasteiger partial charge is 0.478 e. The van der Waals surface area contributed by atoms with Crippen molar-refractivity contribution < 1.29 is 29.0 Å². The molecule has 0 unspecified atom stereocenters. The molecule has 1 aliphatic carbocycles. The zero-order valence-electron chi connectivity index (χ0n) is 14.6. The minimum Gasteiger partial charge on any atom is -0.478 e. The van der Waals surface area contributed by atoms with E-state index >= 15 is 0 Å². The Morgan fingerprint density at radius 1 is 1.00 bits per heavy atom. The third-order valence-corrected chi connectivity index (χ3v) is 4.25. The van der Waals surface area contributed by atoms with Crippen molar-refractivity contribution in [2.75, 3.05) is 18.5 Å². The number of ketones is 2. The molecule has 1 aliphatic rings. The Bertz CT molecular complexity index is 963. The number of carboxylic acids is 1. The van der Waals surface area contributed by atoms with Crippen LogP contribution in [0.15, 0.2) is 36.4 Å². The highest BCUT2D eigenvalue weighted by Crippen LogP contribution is 2.34. The number of ether oxygens (including phenoxy) is 1. The summed E-state index contributed by atoms with van der Waals surface area (Å²) < 4.78 is 4.84. The number of benzene rings is 2. The van der Waals surface area contributed by atoms with Crippen LogP contribution in [0.1, 0.15) is 55.5 Å². The van der Waals surface area contributed by atoms with Gasteiger partial charge in [-0.25, -0.2) is 4.79 Å². The van der Waals surface area contributed by atoms with Crippen LogP contribution in [0.2, 0.25) is 0 Å². The lowest BCUT2D eigenvalue weighted by atomic mass is 9.82. The first-order valence-electron chi connectivity index (χ1n) is 8.37. The summed E-state index contributed by atoms with van der Waals surface area (Å²) in [6.07, 6.45) is 0.418. The van der Waals surface area contributed by atoms with E-state index in [1.54, 1.807) is 24.3 Å². The quantitative estimate of drug-likeness (QED) is 0.509. The van der Waals surface area contributed by atoms with Crippen molar-refractivity contribution in [3.63, 3.8) is 0 Å². The molecular formula is C20H17NO6. The molecule has 0 radical (unpaired) electrons. The van der Waals surface area contributed by atoms with E-state index in [9.17, 15) is 24.3 Å². The summed E-state index contributed by atoms with van der Waals surface area (Å²) in [6.45, 7) is 1.73. The van der Waals surface area contributed by atoms with Crippen LogP contribution in [0.25, 0.3) is 0 Å². The van der Waals surface area contributed by atoms with Crippen molar-refractivity contribution in [1.82, 2.24) is 0 Å². The van der Waals surface area contributed by atoms with E-state index in [4.69, 9.17) is 4.74 Å². The fourth-order valence-corrected chi connectivity index (χ4v) is 3.05. The third kappa shape index (κ3) is 3.44. The molecule has 2 aromatic rings. The normalized spacial score (nSPS) is 12.2. The fourth-order valence-electron chi connectivity index (χ4n) is 3.05. The predicted octanol–water partition coefficient (Wildman–Crippen LogP) is 2.53. The zero-order valence-corrected chi connectivity index (χ0v) is 14.6. The number of carboxylic acid groups (broad SMARTS) is 1. The molecule has 0 bridgehead atoms. The second-order valence-corrected chi connectivity index (χ2v) is 6.04. The van der Waals surface area contributed by atoms with Crippen LogP contribution in [0.3, 0.4) is 0 Å². The van der Waals surface area contributed by atoms with Gasteiger partial charge in [-0.3, -0.25) is 14.4 Å². The van der Waals surface area contributed by atoms with E-state index in [1.165, 1.54) is 19.1 Å². The average Bonchev–Trinajstić information content (AvgIpc) is 2.65. The molecule has 0 amide bonds. The van der Waals surface area contributed by atoms with Crippen molar-refractivity contribution in [3.8, 4) is 0 Å². The second kappa shape index (κ2) is 7.41. The highest BCUT2D eigenvalue weighted by Gasteiger charge is 2.33. The molecule has 27 heavy (non-hydrogen) atoms. The van der Waals surface area contributed by atoms with Gasteiger partial charge in [0.15, 0.2) is 11.6 Å². The Balaban J connectivity index is 1.99. The molecule has 0 saturated carbocycles. The first kappa shape index (κ1) is 18.3. The highest BCUT2D eigenvalue weighted by atomic mass is 16.5. The van der Waals surface area contributed by atoms with Gasteiger partial charge < -0.3 is 15.2 Å². The first-order chi connectivity index (χ1) is 12.9. The lowest BCUT2D eigenvalue weighted by molar-refractivity contribution is -0.140. The van der Waals surface area contributed by atoms with Crippen molar-refractivity contribution in [3.05, 3.63) is 64.2 Å². The molecular weight excluding hydrogens is 350 g/mol. The minimum atomic E-state index is -1.21. The van der Waals surface area contributed by atoms with Gasteiger partial charge in [-0.05, 0) is 18.6 Å². The minimum absolute atomic E-state index is 0.0612. The number of fused-ring (bicyclic) bond motifs is 2. The maximum absolute atomic E-state index is 13.0. The fraction of sp³-hybridized carbons (Fsp3) is 0.200. The number of anilines is 1. The van der Waals surface area contributed by atoms with Crippen molar-refractivity contribution >= 4 is 29.2 Å². The van der Waals surface area contributed by atoms with Gasteiger partial charge in [0.2, 0.25) is 0 Å². The Kier molecular flexibility index (Phi) is 5.03. The Labute approximate surface area is 155 Å². The summed E-state index contributed by atoms with van der Waals surface area (Å²) in [6, 6.07) is 9.15. The van der Waals surface area contributed by atoms with Gasteiger partial charge in [0.05, 0.1) is 23.4 Å². The number of aromatic carboxylic acids is 1. The van der Waals surface area contributed by atoms with E-state index in [1.807, 2.05) is 0 Å². The van der Waals surface area contributed by atoms with Crippen LogP contribution >= 0.6 is 0 Å². The molecule has 2 N–H and O–H groups in total. The molecule has 0 atom stereocenters. The van der Waals surface area contributed by atoms with Crippen LogP contribution in [-0.2, 0) is 9.53 Å². The first-order valence-corrected chi connectivity index (χ1v) is 8.37. The van der Waals surface area contributed by atoms with Gasteiger partial charge in [-0.1, -0.05) is 24.3 Å². The summed E-state index contributed by atoms with van der Waals surface area (Å²) in [5, 5.41) is 12.4. The number of carbonyl (C=O) groups excluding carboxylic acids is 3. The molecule has 0 aromatic heterocycles. The SMILES string of the molecule is CC(=O)OCCCNc1c(C(=O)O)ccc2c1C(=O)c1ccccc1C2=O. The molecule has 2 aromatic carbocycles. The maximum atomic E-state index is 13.0. The predicted molar refractivity (Wildman–Crippen MR) is 96.4 cm³/mol. The molecule has 0 saturated heterocycles. The van der Waals surface area contributed by atoms with Crippen LogP contribution in [0.4, 0.5) is 5.69 Å². The van der Waals surface area contributed by atoms with Gasteiger partial charge in [0.1, 0.15) is 0 Å². The Morgan fingerprint density at radius 3 is 2.30 bits per heavy atom. The summed E-state index contributed by atoms with van der Waals surface area (Å²) in [5.74, 6) is -2.33. The third-order valence-electron chi connectivity index (χ3n) is 4.25. The lowest BCUT2D eigenvalue weighted by Gasteiger charge is -2.22. The van der Waals surface area contributed by atoms with E-state index < -0.39 is 17.7 Å². The van der Waals surface area contributed by atoms with Crippen LogP contribution in [-0.4, -0.2) is 41.8 Å². The molecule has 0 aliphatic heterocycles. The number of rotatable bonds is 6. The number of nitrogens with one attached hydrogen (secondary N) is 1. The van der Waals surface area contributed by atoms with E-state index in [0.29, 0.717) is 12.0 Å². The number of hydrogen-bond donors (Lipinski definition) is 2. The van der Waals surface area contributed by atoms with Gasteiger partial charge in [0.25, 0.3) is 0 Å². The average molecular weight is 367 g/mol. The topological polar surface area (TPSA) is 110 Å². The zero-order chi connectivity index (χ0) is 19.6. The van der Waals surface area contributed by atoms with Gasteiger partial charge >= 0.3 is 11.9 Å². The standard InChI is InChI=1S/C20H17NO6/c1-11(22)27-10-4-9-21-17-15(20(25)26)8-7-14-16(17)19(24)13-6-3-2-5-12(13)18(14)23/h2-3,5-8,21H,4,9-10H2,1H3,(H,25,26). The molecule has 138 valence electrons. The van der Waals surface area contributed by atoms with Crippen LogP contribution in [0, 0.1) is 0 Å². The smallest absolute Gasteiger partial charge is 0.337 e. The van der Waals surface area contributed by atoms with E-state index in [-0.39, 0.29) is 46.9 Å². The molecule has 0 fully saturated rings. The monoisotopic (exact) mass is 367 g/mol. The van der Waals surface area contributed by atoms with Crippen LogP contribution in [0.5, 0.6) is 0 Å². The van der Waals surface area contributed by atoms with Gasteiger partial charge in [0, 0.05) is 30.2 Å². The summed E-state index contributed by atoms with van der Waals surface area (Å²) >= 11 is 0. The van der Waals surface area contributed by atoms with Crippen molar-refractivity contribution in [2.24, 2.45) is 0 Å². The van der Waals surface area contributed by atoms with Crippen LogP contribution < -0.4 is 5.32 Å².